The van der Waals surface area contributed by atoms with E-state index in [0.29, 0.717) is 5.56 Å². The highest BCUT2D eigenvalue weighted by molar-refractivity contribution is 7.86. The Morgan fingerprint density at radius 2 is 1.65 bits per heavy atom. The summed E-state index contributed by atoms with van der Waals surface area (Å²) in [5, 5.41) is 1.13. The van der Waals surface area contributed by atoms with Gasteiger partial charge in [-0.25, -0.2) is 4.79 Å². The third-order valence-corrected chi connectivity index (χ3v) is 4.97. The Balaban J connectivity index is 2.35. The zero-order valence-electron chi connectivity index (χ0n) is 15.1. The van der Waals surface area contributed by atoms with Crippen LogP contribution in [0.2, 0.25) is 0 Å². The van der Waals surface area contributed by atoms with Gasteiger partial charge in [-0.3, -0.25) is 0 Å². The fourth-order valence-electron chi connectivity index (χ4n) is 2.43. The smallest absolute Gasteiger partial charge is 0.330 e. The highest BCUT2D eigenvalue weighted by Crippen LogP contribution is 2.25. The molecule has 0 aliphatic heterocycles. The van der Waals surface area contributed by atoms with Crippen LogP contribution in [0, 0.1) is 6.92 Å². The molecule has 1 atom stereocenters. The predicted octanol–water partition coefficient (Wildman–Crippen LogP) is 3.24. The topological polar surface area (TPSA) is 72.9 Å². The molecular weight excluding hydrogens is 354 g/mol. The molecule has 140 valence electrons. The minimum atomic E-state index is -4.07. The zero-order chi connectivity index (χ0) is 19.2. The van der Waals surface area contributed by atoms with Gasteiger partial charge in [-0.05, 0) is 38.5 Å². The summed E-state index contributed by atoms with van der Waals surface area (Å²) in [7, 11) is -4.07. The largest absolute Gasteiger partial charge is 0.464 e. The van der Waals surface area contributed by atoms with E-state index in [2.05, 4.69) is 0 Å². The minimum Gasteiger partial charge on any atom is -0.464 e. The van der Waals surface area contributed by atoms with Crippen LogP contribution in [0.15, 0.2) is 59.5 Å². The second kappa shape index (κ2) is 8.93. The van der Waals surface area contributed by atoms with Crippen LogP contribution >= 0.6 is 0 Å². The fourth-order valence-corrected chi connectivity index (χ4v) is 3.43. The van der Waals surface area contributed by atoms with Gasteiger partial charge in [0.15, 0.2) is 6.04 Å². The van der Waals surface area contributed by atoms with Crippen LogP contribution in [0.3, 0.4) is 0 Å². The van der Waals surface area contributed by atoms with E-state index in [0.717, 1.165) is 10.6 Å². The summed E-state index contributed by atoms with van der Waals surface area (Å²) in [6, 6.07) is 14.1. The van der Waals surface area contributed by atoms with Gasteiger partial charge in [0.05, 0.1) is 11.5 Å². The number of rotatable bonds is 8. The van der Waals surface area contributed by atoms with Crippen LogP contribution in [0.25, 0.3) is 0 Å². The molecule has 0 heterocycles. The maximum absolute atomic E-state index is 12.6. The average Bonchev–Trinajstić information content (AvgIpc) is 2.62. The van der Waals surface area contributed by atoms with Gasteiger partial charge in [0.1, 0.15) is 0 Å². The van der Waals surface area contributed by atoms with Crippen molar-refractivity contribution in [3.8, 4) is 0 Å². The number of hydrogen-bond donors (Lipinski definition) is 0. The SMILES string of the molecule is CCOC(=O)C(c1ccccc1)N(CC)OS(=O)(=O)c1ccc(C)cc1. The molecule has 2 aromatic carbocycles. The van der Waals surface area contributed by atoms with Crippen molar-refractivity contribution in [2.45, 2.75) is 31.7 Å². The molecular formula is C19H23NO5S. The Hall–Kier alpha value is -2.22. The zero-order valence-corrected chi connectivity index (χ0v) is 15.9. The van der Waals surface area contributed by atoms with Gasteiger partial charge in [0.2, 0.25) is 0 Å². The summed E-state index contributed by atoms with van der Waals surface area (Å²) in [6.07, 6.45) is 0. The monoisotopic (exact) mass is 377 g/mol. The van der Waals surface area contributed by atoms with E-state index in [4.69, 9.17) is 9.02 Å². The fraction of sp³-hybridized carbons (Fsp3) is 0.316. The summed E-state index contributed by atoms with van der Waals surface area (Å²) in [5.74, 6) is -0.570. The molecule has 0 aromatic heterocycles. The standard InChI is InChI=1S/C19H23NO5S/c1-4-20(25-26(22,23)17-13-11-15(3)12-14-17)18(19(21)24-5-2)16-9-7-6-8-10-16/h6-14,18H,4-5H2,1-3H3. The number of nitrogens with zero attached hydrogens (tertiary/aromatic N) is 1. The van der Waals surface area contributed by atoms with Gasteiger partial charge in [0, 0.05) is 6.54 Å². The van der Waals surface area contributed by atoms with Crippen molar-refractivity contribution in [1.82, 2.24) is 5.06 Å². The number of aryl methyl sites for hydroxylation is 1. The number of hydrogen-bond acceptors (Lipinski definition) is 6. The molecule has 0 bridgehead atoms. The molecule has 0 N–H and O–H groups in total. The van der Waals surface area contributed by atoms with Gasteiger partial charge in [-0.15, -0.1) is 0 Å². The minimum absolute atomic E-state index is 0.0252. The number of likely N-dealkylation sites (N-methyl/N-ethyl adjacent to an activating group) is 1. The van der Waals surface area contributed by atoms with Gasteiger partial charge in [0.25, 0.3) is 0 Å². The molecule has 0 radical (unpaired) electrons. The second-order valence-corrected chi connectivity index (χ2v) is 7.17. The first kappa shape index (κ1) is 20.1. The highest BCUT2D eigenvalue weighted by Gasteiger charge is 2.33. The normalized spacial score (nSPS) is 12.8. The van der Waals surface area contributed by atoms with Crippen LogP contribution in [0.1, 0.15) is 31.0 Å². The molecule has 0 saturated heterocycles. The number of esters is 1. The first-order valence-electron chi connectivity index (χ1n) is 8.38. The van der Waals surface area contributed by atoms with E-state index in [1.807, 2.05) is 13.0 Å². The van der Waals surface area contributed by atoms with Gasteiger partial charge in [-0.2, -0.15) is 17.8 Å². The first-order chi connectivity index (χ1) is 12.4. The number of carbonyl (C=O) groups excluding carboxylic acids is 1. The molecule has 1 unspecified atom stereocenters. The lowest BCUT2D eigenvalue weighted by atomic mass is 10.1. The van der Waals surface area contributed by atoms with Gasteiger partial charge < -0.3 is 4.74 Å². The highest BCUT2D eigenvalue weighted by atomic mass is 32.2. The van der Waals surface area contributed by atoms with Crippen LogP contribution in [-0.4, -0.2) is 32.6 Å². The summed E-state index contributed by atoms with van der Waals surface area (Å²) in [5.41, 5.74) is 1.52. The summed E-state index contributed by atoms with van der Waals surface area (Å²) in [6.45, 7) is 5.62. The van der Waals surface area contributed by atoms with Crippen molar-refractivity contribution < 1.29 is 22.2 Å². The molecule has 6 nitrogen and oxygen atoms in total. The molecule has 26 heavy (non-hydrogen) atoms. The number of benzene rings is 2. The van der Waals surface area contributed by atoms with Crippen molar-refractivity contribution in [3.63, 3.8) is 0 Å². The van der Waals surface area contributed by atoms with E-state index in [9.17, 15) is 13.2 Å². The maximum Gasteiger partial charge on any atom is 0.330 e. The van der Waals surface area contributed by atoms with Crippen LogP contribution in [0.5, 0.6) is 0 Å². The molecule has 0 spiro atoms. The van der Waals surface area contributed by atoms with E-state index in [1.54, 1.807) is 50.2 Å². The Morgan fingerprint density at radius 1 is 1.04 bits per heavy atom. The summed E-state index contributed by atoms with van der Waals surface area (Å²) >= 11 is 0. The predicted molar refractivity (Wildman–Crippen MR) is 97.6 cm³/mol. The van der Waals surface area contributed by atoms with Crippen molar-refractivity contribution in [2.24, 2.45) is 0 Å². The Morgan fingerprint density at radius 3 is 2.19 bits per heavy atom. The lowest BCUT2D eigenvalue weighted by Crippen LogP contribution is -2.37. The molecule has 2 rings (SSSR count). The van der Waals surface area contributed by atoms with Crippen molar-refractivity contribution >= 4 is 16.1 Å². The van der Waals surface area contributed by atoms with Crippen LogP contribution in [0.4, 0.5) is 0 Å². The number of hydroxylamine groups is 2. The number of carbonyl (C=O) groups is 1. The molecule has 0 saturated carbocycles. The van der Waals surface area contributed by atoms with Gasteiger partial charge >= 0.3 is 16.1 Å². The average molecular weight is 377 g/mol. The van der Waals surface area contributed by atoms with Crippen molar-refractivity contribution in [1.29, 1.82) is 0 Å². The van der Waals surface area contributed by atoms with Crippen molar-refractivity contribution in [2.75, 3.05) is 13.2 Å². The molecule has 2 aromatic rings. The lowest BCUT2D eigenvalue weighted by molar-refractivity contribution is -0.165. The van der Waals surface area contributed by atoms with E-state index in [-0.39, 0.29) is 18.0 Å². The third-order valence-electron chi connectivity index (χ3n) is 3.73. The Labute approximate surface area is 154 Å². The Bertz CT molecular complexity index is 819. The quantitative estimate of drug-likeness (QED) is 0.519. The molecule has 0 amide bonds. The Kier molecular flexibility index (Phi) is 6.90. The second-order valence-electron chi connectivity index (χ2n) is 5.64. The van der Waals surface area contributed by atoms with Crippen molar-refractivity contribution in [3.05, 3.63) is 65.7 Å². The molecule has 0 fully saturated rings. The van der Waals surface area contributed by atoms with Gasteiger partial charge in [-0.1, -0.05) is 48.0 Å². The van der Waals surface area contributed by atoms with E-state index < -0.39 is 22.1 Å². The molecule has 0 aliphatic carbocycles. The summed E-state index contributed by atoms with van der Waals surface area (Å²) in [4.78, 5) is 12.5. The molecule has 7 heteroatoms. The number of ether oxygens (including phenoxy) is 1. The summed E-state index contributed by atoms with van der Waals surface area (Å²) < 4.78 is 35.6. The van der Waals surface area contributed by atoms with E-state index in [1.165, 1.54) is 12.1 Å². The lowest BCUT2D eigenvalue weighted by Gasteiger charge is -2.27. The van der Waals surface area contributed by atoms with Crippen LogP contribution < -0.4 is 0 Å². The van der Waals surface area contributed by atoms with E-state index >= 15 is 0 Å². The first-order valence-corrected chi connectivity index (χ1v) is 9.79. The molecule has 0 aliphatic rings. The third kappa shape index (κ3) is 4.91. The van der Waals surface area contributed by atoms with Crippen LogP contribution in [-0.2, 0) is 23.9 Å². The maximum atomic E-state index is 12.6.